The fourth-order valence-corrected chi connectivity index (χ4v) is 4.34. The smallest absolute Gasteiger partial charge is 0.338 e. The first-order chi connectivity index (χ1) is 18.1. The van der Waals surface area contributed by atoms with E-state index in [1.54, 1.807) is 43.3 Å². The number of hydrogen-bond donors (Lipinski definition) is 3. The average molecular weight is 539 g/mol. The third-order valence-electron chi connectivity index (χ3n) is 5.84. The molecule has 2 amide bonds. The highest BCUT2D eigenvalue weighted by atomic mass is 32.1. The summed E-state index contributed by atoms with van der Waals surface area (Å²) < 4.78 is 10.5. The summed E-state index contributed by atoms with van der Waals surface area (Å²) in [5.41, 5.74) is 3.56. The predicted molar refractivity (Wildman–Crippen MR) is 151 cm³/mol. The Morgan fingerprint density at radius 2 is 1.53 bits per heavy atom. The predicted octanol–water partition coefficient (Wildman–Crippen LogP) is 5.23. The van der Waals surface area contributed by atoms with Crippen molar-refractivity contribution >= 4 is 46.7 Å². The van der Waals surface area contributed by atoms with Crippen LogP contribution >= 0.6 is 12.2 Å². The second-order valence-corrected chi connectivity index (χ2v) is 9.50. The molecule has 0 spiro atoms. The van der Waals surface area contributed by atoms with Crippen LogP contribution < -0.4 is 16.0 Å². The molecule has 0 radical (unpaired) electrons. The number of amides is 2. The SMILES string of the molecule is CCOC(=O)c1ccc(NC(=O)Nc2ccc(C3NC(=S)N(CC)C(C)=C3C(=O)OCC(C)C)cc2)cc1. The lowest BCUT2D eigenvalue weighted by molar-refractivity contribution is -0.140. The molecule has 1 atom stereocenters. The van der Waals surface area contributed by atoms with Gasteiger partial charge in [0.25, 0.3) is 0 Å². The van der Waals surface area contributed by atoms with Crippen LogP contribution in [-0.4, -0.2) is 47.7 Å². The highest BCUT2D eigenvalue weighted by Gasteiger charge is 2.34. The molecular formula is C28H34N4O5S. The van der Waals surface area contributed by atoms with E-state index in [1.165, 1.54) is 0 Å². The van der Waals surface area contributed by atoms with Gasteiger partial charge in [-0.25, -0.2) is 14.4 Å². The topological polar surface area (TPSA) is 109 Å². The maximum Gasteiger partial charge on any atom is 0.338 e. The zero-order chi connectivity index (χ0) is 27.8. The van der Waals surface area contributed by atoms with Gasteiger partial charge in [0.2, 0.25) is 0 Å². The van der Waals surface area contributed by atoms with Crippen molar-refractivity contribution in [1.29, 1.82) is 0 Å². The first-order valence-electron chi connectivity index (χ1n) is 12.6. The van der Waals surface area contributed by atoms with E-state index in [1.807, 2.05) is 44.7 Å². The maximum atomic E-state index is 13.1. The molecule has 3 N–H and O–H groups in total. The van der Waals surface area contributed by atoms with E-state index in [0.717, 1.165) is 11.3 Å². The number of carbonyl (C=O) groups excluding carboxylic acids is 3. The van der Waals surface area contributed by atoms with Gasteiger partial charge in [0.05, 0.1) is 30.4 Å². The second kappa shape index (κ2) is 13.0. The molecule has 0 saturated carbocycles. The molecule has 0 aromatic heterocycles. The molecule has 202 valence electrons. The Bertz CT molecular complexity index is 1210. The summed E-state index contributed by atoms with van der Waals surface area (Å²) in [5.74, 6) is -0.587. The number of ether oxygens (including phenoxy) is 2. The number of rotatable bonds is 9. The van der Waals surface area contributed by atoms with Crippen molar-refractivity contribution in [2.24, 2.45) is 5.92 Å². The minimum Gasteiger partial charge on any atom is -0.462 e. The quantitative estimate of drug-likeness (QED) is 0.294. The Morgan fingerprint density at radius 3 is 2.05 bits per heavy atom. The number of hydrogen-bond acceptors (Lipinski definition) is 6. The molecule has 3 rings (SSSR count). The Morgan fingerprint density at radius 1 is 0.947 bits per heavy atom. The van der Waals surface area contributed by atoms with Gasteiger partial charge in [0.15, 0.2) is 5.11 Å². The van der Waals surface area contributed by atoms with Crippen molar-refractivity contribution in [2.45, 2.75) is 40.7 Å². The summed E-state index contributed by atoms with van der Waals surface area (Å²) in [6, 6.07) is 12.7. The molecule has 0 bridgehead atoms. The van der Waals surface area contributed by atoms with E-state index in [4.69, 9.17) is 21.7 Å². The summed E-state index contributed by atoms with van der Waals surface area (Å²) in [7, 11) is 0. The fraction of sp³-hybridized carbons (Fsp3) is 0.357. The normalized spacial score (nSPS) is 15.2. The van der Waals surface area contributed by atoms with Crippen molar-refractivity contribution in [2.75, 3.05) is 30.4 Å². The zero-order valence-corrected chi connectivity index (χ0v) is 23.1. The first-order valence-corrected chi connectivity index (χ1v) is 13.0. The number of urea groups is 1. The molecule has 1 unspecified atom stereocenters. The molecule has 1 heterocycles. The van der Waals surface area contributed by atoms with Crippen molar-refractivity contribution in [3.8, 4) is 0 Å². The highest BCUT2D eigenvalue weighted by Crippen LogP contribution is 2.32. The average Bonchev–Trinajstić information content (AvgIpc) is 2.88. The van der Waals surface area contributed by atoms with Crippen LogP contribution in [0.25, 0.3) is 0 Å². The van der Waals surface area contributed by atoms with Gasteiger partial charge in [0, 0.05) is 23.6 Å². The van der Waals surface area contributed by atoms with E-state index < -0.39 is 18.0 Å². The van der Waals surface area contributed by atoms with Crippen LogP contribution in [0, 0.1) is 5.92 Å². The van der Waals surface area contributed by atoms with Crippen LogP contribution in [0.5, 0.6) is 0 Å². The van der Waals surface area contributed by atoms with E-state index in [-0.39, 0.29) is 11.9 Å². The largest absolute Gasteiger partial charge is 0.462 e. The van der Waals surface area contributed by atoms with Gasteiger partial charge in [-0.3, -0.25) is 0 Å². The summed E-state index contributed by atoms with van der Waals surface area (Å²) in [4.78, 5) is 39.2. The van der Waals surface area contributed by atoms with E-state index in [0.29, 0.717) is 47.4 Å². The zero-order valence-electron chi connectivity index (χ0n) is 22.3. The number of thiocarbonyl (C=S) groups is 1. The molecule has 38 heavy (non-hydrogen) atoms. The second-order valence-electron chi connectivity index (χ2n) is 9.12. The van der Waals surface area contributed by atoms with E-state index >= 15 is 0 Å². The molecule has 2 aromatic carbocycles. The van der Waals surface area contributed by atoms with Gasteiger partial charge in [0.1, 0.15) is 0 Å². The van der Waals surface area contributed by atoms with Crippen LogP contribution in [0.1, 0.15) is 56.6 Å². The van der Waals surface area contributed by atoms with Crippen molar-refractivity contribution < 1.29 is 23.9 Å². The maximum absolute atomic E-state index is 13.1. The van der Waals surface area contributed by atoms with Crippen LogP contribution in [-0.2, 0) is 14.3 Å². The fourth-order valence-electron chi connectivity index (χ4n) is 3.95. The third kappa shape index (κ3) is 7.10. The van der Waals surface area contributed by atoms with Gasteiger partial charge in [-0.05, 0) is 80.9 Å². The number of anilines is 2. The lowest BCUT2D eigenvalue weighted by Gasteiger charge is -2.37. The van der Waals surface area contributed by atoms with Crippen LogP contribution in [0.4, 0.5) is 16.2 Å². The number of nitrogens with one attached hydrogen (secondary N) is 3. The Balaban J connectivity index is 1.71. The van der Waals surface area contributed by atoms with Gasteiger partial charge >= 0.3 is 18.0 Å². The number of benzene rings is 2. The van der Waals surface area contributed by atoms with Gasteiger partial charge in [-0.15, -0.1) is 0 Å². The van der Waals surface area contributed by atoms with E-state index in [2.05, 4.69) is 16.0 Å². The molecule has 0 fully saturated rings. The number of nitrogens with zero attached hydrogens (tertiary/aromatic N) is 1. The Labute approximate surface area is 228 Å². The number of esters is 2. The Hall–Kier alpha value is -3.92. The van der Waals surface area contributed by atoms with Crippen LogP contribution in [0.2, 0.25) is 0 Å². The Kier molecular flexibility index (Phi) is 9.84. The summed E-state index contributed by atoms with van der Waals surface area (Å²) in [6.45, 7) is 10.8. The first kappa shape index (κ1) is 28.6. The van der Waals surface area contributed by atoms with Gasteiger partial charge in [-0.1, -0.05) is 26.0 Å². The molecule has 0 aliphatic carbocycles. The van der Waals surface area contributed by atoms with Crippen LogP contribution in [0.3, 0.4) is 0 Å². The molecule has 10 heteroatoms. The van der Waals surface area contributed by atoms with Crippen LogP contribution in [0.15, 0.2) is 59.8 Å². The summed E-state index contributed by atoms with van der Waals surface area (Å²) in [5, 5.41) is 9.30. The minimum atomic E-state index is -0.481. The standard InChI is InChI=1S/C28H34N4O5S/c1-6-32-18(5)23(26(34)37-16-17(3)4)24(31-28(32)38)19-8-12-21(13-9-19)29-27(35)30-22-14-10-20(11-15-22)25(33)36-7-2/h8-15,17,24H,6-7,16H2,1-5H3,(H,31,38)(H2,29,30,35). The molecule has 1 aliphatic rings. The third-order valence-corrected chi connectivity index (χ3v) is 6.17. The lowest BCUT2D eigenvalue weighted by atomic mass is 9.95. The lowest BCUT2D eigenvalue weighted by Crippen LogP contribution is -2.47. The monoisotopic (exact) mass is 538 g/mol. The van der Waals surface area contributed by atoms with Gasteiger partial charge in [-0.2, -0.15) is 0 Å². The van der Waals surface area contributed by atoms with Crippen molar-refractivity contribution in [1.82, 2.24) is 10.2 Å². The number of allylic oxidation sites excluding steroid dienone is 1. The highest BCUT2D eigenvalue weighted by molar-refractivity contribution is 7.80. The summed E-state index contributed by atoms with van der Waals surface area (Å²) in [6.07, 6.45) is 0. The summed E-state index contributed by atoms with van der Waals surface area (Å²) >= 11 is 5.54. The molecular weight excluding hydrogens is 504 g/mol. The molecule has 9 nitrogen and oxygen atoms in total. The van der Waals surface area contributed by atoms with E-state index in [9.17, 15) is 14.4 Å². The van der Waals surface area contributed by atoms with Crippen molar-refractivity contribution in [3.05, 3.63) is 70.9 Å². The molecule has 2 aromatic rings. The van der Waals surface area contributed by atoms with Crippen molar-refractivity contribution in [3.63, 3.8) is 0 Å². The van der Waals surface area contributed by atoms with Gasteiger partial charge < -0.3 is 30.3 Å². The number of carbonyl (C=O) groups is 3. The molecule has 0 saturated heterocycles. The minimum absolute atomic E-state index is 0.213. The molecule has 1 aliphatic heterocycles.